The van der Waals surface area contributed by atoms with Gasteiger partial charge in [-0.1, -0.05) is 72.8 Å². The van der Waals surface area contributed by atoms with Gasteiger partial charge in [-0.2, -0.15) is 0 Å². The number of hydrogen-bond donors (Lipinski definition) is 3. The van der Waals surface area contributed by atoms with E-state index < -0.39 is 19.5 Å². The van der Waals surface area contributed by atoms with E-state index in [0.29, 0.717) is 5.56 Å². The van der Waals surface area contributed by atoms with Crippen LogP contribution in [0.4, 0.5) is 0 Å². The van der Waals surface area contributed by atoms with E-state index in [1.165, 1.54) is 0 Å². The summed E-state index contributed by atoms with van der Waals surface area (Å²) >= 11 is 0. The Labute approximate surface area is 151 Å². The molecular formula is C20H20NO4P. The molecule has 0 heterocycles. The quantitative estimate of drug-likeness (QED) is 0.551. The molecule has 5 nitrogen and oxygen atoms in total. The third kappa shape index (κ3) is 4.58. The SMILES string of the molecule is O=C(O)C(Cc1cccc2ccccc12)NP(=O)(O)Cc1ccccc1. The topological polar surface area (TPSA) is 86.6 Å². The van der Waals surface area contributed by atoms with E-state index in [-0.39, 0.29) is 12.6 Å². The molecule has 0 fully saturated rings. The number of benzene rings is 3. The van der Waals surface area contributed by atoms with E-state index in [1.54, 1.807) is 24.3 Å². The second-order valence-corrected chi connectivity index (χ2v) is 8.19. The van der Waals surface area contributed by atoms with E-state index in [0.717, 1.165) is 16.3 Å². The average Bonchev–Trinajstić information content (AvgIpc) is 2.61. The third-order valence-corrected chi connectivity index (χ3v) is 5.71. The van der Waals surface area contributed by atoms with Crippen molar-refractivity contribution in [3.63, 3.8) is 0 Å². The van der Waals surface area contributed by atoms with Crippen LogP contribution in [0.25, 0.3) is 10.8 Å². The summed E-state index contributed by atoms with van der Waals surface area (Å²) in [5.41, 5.74) is 1.50. The van der Waals surface area contributed by atoms with Crippen molar-refractivity contribution in [2.75, 3.05) is 0 Å². The molecule has 6 heteroatoms. The fraction of sp³-hybridized carbons (Fsp3) is 0.150. The van der Waals surface area contributed by atoms with Crippen LogP contribution < -0.4 is 5.09 Å². The maximum atomic E-state index is 12.5. The zero-order chi connectivity index (χ0) is 18.6. The summed E-state index contributed by atoms with van der Waals surface area (Å²) in [6.45, 7) is 0. The van der Waals surface area contributed by atoms with Crippen LogP contribution in [0.15, 0.2) is 72.8 Å². The Kier molecular flexibility index (Phi) is 5.52. The first-order valence-corrected chi connectivity index (χ1v) is 10.1. The van der Waals surface area contributed by atoms with E-state index in [1.807, 2.05) is 48.5 Å². The van der Waals surface area contributed by atoms with Crippen molar-refractivity contribution in [2.24, 2.45) is 0 Å². The zero-order valence-electron chi connectivity index (χ0n) is 14.1. The summed E-state index contributed by atoms with van der Waals surface area (Å²) in [5.74, 6) is -1.15. The lowest BCUT2D eigenvalue weighted by Gasteiger charge is -2.20. The highest BCUT2D eigenvalue weighted by Gasteiger charge is 2.28. The van der Waals surface area contributed by atoms with Crippen LogP contribution in [-0.2, 0) is 21.9 Å². The lowest BCUT2D eigenvalue weighted by Crippen LogP contribution is -2.36. The van der Waals surface area contributed by atoms with Crippen LogP contribution >= 0.6 is 7.52 Å². The average molecular weight is 369 g/mol. The van der Waals surface area contributed by atoms with Gasteiger partial charge in [-0.3, -0.25) is 9.36 Å². The van der Waals surface area contributed by atoms with Gasteiger partial charge in [-0.25, -0.2) is 5.09 Å². The van der Waals surface area contributed by atoms with E-state index in [9.17, 15) is 19.4 Å². The number of fused-ring (bicyclic) bond motifs is 1. The summed E-state index contributed by atoms with van der Waals surface area (Å²) in [6, 6.07) is 21.0. The molecule has 2 atom stereocenters. The fourth-order valence-corrected chi connectivity index (χ4v) is 4.48. The molecular weight excluding hydrogens is 349 g/mol. The Bertz CT molecular complexity index is 953. The molecule has 0 aliphatic heterocycles. The van der Waals surface area contributed by atoms with Crippen LogP contribution in [0.1, 0.15) is 11.1 Å². The van der Waals surface area contributed by atoms with E-state index in [2.05, 4.69) is 5.09 Å². The Morgan fingerprint density at radius 3 is 2.35 bits per heavy atom. The van der Waals surface area contributed by atoms with Gasteiger partial charge in [0.05, 0.1) is 6.16 Å². The van der Waals surface area contributed by atoms with Crippen molar-refractivity contribution in [1.29, 1.82) is 0 Å². The number of hydrogen-bond acceptors (Lipinski definition) is 2. The molecule has 0 bridgehead atoms. The van der Waals surface area contributed by atoms with Gasteiger partial charge in [0.2, 0.25) is 0 Å². The standard InChI is InChI=1S/C20H20NO4P/c22-20(23)19(21-26(24,25)14-15-7-2-1-3-8-15)13-17-11-6-10-16-9-4-5-12-18(16)17/h1-12,19H,13-14H2,(H,22,23)(H2,21,24,25). The van der Waals surface area contributed by atoms with Crippen LogP contribution in [-0.4, -0.2) is 22.0 Å². The monoisotopic (exact) mass is 369 g/mol. The number of carbonyl (C=O) groups is 1. The molecule has 3 aromatic carbocycles. The largest absolute Gasteiger partial charge is 0.480 e. The molecule has 0 saturated carbocycles. The number of rotatable bonds is 7. The second kappa shape index (κ2) is 7.83. The molecule has 0 spiro atoms. The number of aliphatic carboxylic acids is 1. The molecule has 134 valence electrons. The molecule has 0 aromatic heterocycles. The Morgan fingerprint density at radius 1 is 0.962 bits per heavy atom. The van der Waals surface area contributed by atoms with Gasteiger partial charge >= 0.3 is 5.97 Å². The van der Waals surface area contributed by atoms with Crippen LogP contribution in [0.3, 0.4) is 0 Å². The highest BCUT2D eigenvalue weighted by molar-refractivity contribution is 7.55. The van der Waals surface area contributed by atoms with Gasteiger partial charge < -0.3 is 10.00 Å². The predicted octanol–water partition coefficient (Wildman–Crippen LogP) is 3.81. The smallest absolute Gasteiger partial charge is 0.321 e. The van der Waals surface area contributed by atoms with Gasteiger partial charge in [0.25, 0.3) is 7.52 Å². The molecule has 0 saturated heterocycles. The Morgan fingerprint density at radius 2 is 1.62 bits per heavy atom. The normalized spacial score (nSPS) is 14.7. The maximum absolute atomic E-state index is 12.5. The maximum Gasteiger partial charge on any atom is 0.321 e. The molecule has 2 unspecified atom stereocenters. The lowest BCUT2D eigenvalue weighted by atomic mass is 9.99. The molecule has 3 rings (SSSR count). The van der Waals surface area contributed by atoms with Crippen molar-refractivity contribution >= 4 is 24.3 Å². The van der Waals surface area contributed by atoms with Gasteiger partial charge in [0, 0.05) is 0 Å². The minimum Gasteiger partial charge on any atom is -0.480 e. The molecule has 0 aliphatic rings. The van der Waals surface area contributed by atoms with Crippen molar-refractivity contribution in [3.05, 3.63) is 83.9 Å². The number of nitrogens with one attached hydrogen (secondary N) is 1. The van der Waals surface area contributed by atoms with Crippen molar-refractivity contribution in [2.45, 2.75) is 18.6 Å². The van der Waals surface area contributed by atoms with Crippen LogP contribution in [0.5, 0.6) is 0 Å². The predicted molar refractivity (Wildman–Crippen MR) is 102 cm³/mol. The highest BCUT2D eigenvalue weighted by Crippen LogP contribution is 2.40. The summed E-state index contributed by atoms with van der Waals surface area (Å²) in [7, 11) is -3.85. The Balaban J connectivity index is 1.81. The summed E-state index contributed by atoms with van der Waals surface area (Å²) < 4.78 is 12.5. The van der Waals surface area contributed by atoms with Crippen LogP contribution in [0, 0.1) is 0 Å². The van der Waals surface area contributed by atoms with Gasteiger partial charge in [-0.15, -0.1) is 0 Å². The van der Waals surface area contributed by atoms with Crippen molar-refractivity contribution in [3.8, 4) is 0 Å². The first kappa shape index (κ1) is 18.3. The van der Waals surface area contributed by atoms with E-state index >= 15 is 0 Å². The minimum atomic E-state index is -3.85. The molecule has 3 aromatic rings. The molecule has 0 amide bonds. The van der Waals surface area contributed by atoms with Crippen molar-refractivity contribution in [1.82, 2.24) is 5.09 Å². The molecule has 0 aliphatic carbocycles. The van der Waals surface area contributed by atoms with Gasteiger partial charge in [0.15, 0.2) is 0 Å². The number of carboxylic acid groups (broad SMARTS) is 1. The highest BCUT2D eigenvalue weighted by atomic mass is 31.2. The van der Waals surface area contributed by atoms with E-state index in [4.69, 9.17) is 0 Å². The Hall–Kier alpha value is -2.46. The first-order valence-electron chi connectivity index (χ1n) is 8.27. The van der Waals surface area contributed by atoms with Crippen LogP contribution in [0.2, 0.25) is 0 Å². The minimum absolute atomic E-state index is 0.118. The van der Waals surface area contributed by atoms with Gasteiger partial charge in [-0.05, 0) is 28.3 Å². The molecule has 0 radical (unpaired) electrons. The van der Waals surface area contributed by atoms with Gasteiger partial charge in [0.1, 0.15) is 6.04 Å². The zero-order valence-corrected chi connectivity index (χ0v) is 15.0. The second-order valence-electron chi connectivity index (χ2n) is 6.21. The third-order valence-electron chi connectivity index (χ3n) is 4.20. The summed E-state index contributed by atoms with van der Waals surface area (Å²) in [5, 5.41) is 14.0. The first-order chi connectivity index (χ1) is 12.4. The lowest BCUT2D eigenvalue weighted by molar-refractivity contribution is -0.139. The fourth-order valence-electron chi connectivity index (χ4n) is 3.00. The summed E-state index contributed by atoms with van der Waals surface area (Å²) in [6.07, 6.45) is 0.00316. The van der Waals surface area contributed by atoms with Crippen molar-refractivity contribution < 1.29 is 19.4 Å². The summed E-state index contributed by atoms with van der Waals surface area (Å²) in [4.78, 5) is 21.9. The molecule has 3 N–H and O–H groups in total. The molecule has 26 heavy (non-hydrogen) atoms. The number of carboxylic acids is 1.